The summed E-state index contributed by atoms with van der Waals surface area (Å²) in [5.41, 5.74) is 1.53. The number of hydrogen-bond donors (Lipinski definition) is 1. The highest BCUT2D eigenvalue weighted by Gasteiger charge is 2.35. The molecule has 0 aromatic heterocycles. The highest BCUT2D eigenvalue weighted by atomic mass is 32.2. The second kappa shape index (κ2) is 8.20. The van der Waals surface area contributed by atoms with Gasteiger partial charge in [0.15, 0.2) is 0 Å². The van der Waals surface area contributed by atoms with E-state index in [0.29, 0.717) is 25.3 Å². The number of ether oxygens (including phenoxy) is 1. The molecule has 4 rings (SSSR count). The van der Waals surface area contributed by atoms with Crippen molar-refractivity contribution in [3.8, 4) is 0 Å². The number of aliphatic imine (C=N–C) groups is 1. The van der Waals surface area contributed by atoms with E-state index in [1.165, 1.54) is 0 Å². The Kier molecular flexibility index (Phi) is 5.62. The molecular formula is C22H25N3O4S. The minimum atomic E-state index is -3.65. The Morgan fingerprint density at radius 2 is 1.83 bits per heavy atom. The van der Waals surface area contributed by atoms with Gasteiger partial charge in [-0.15, -0.1) is 0 Å². The number of fused-ring (bicyclic) bond motifs is 1. The van der Waals surface area contributed by atoms with Gasteiger partial charge in [-0.25, -0.2) is 8.42 Å². The number of carbonyl (C=O) groups excluding carboxylic acids is 1. The third kappa shape index (κ3) is 3.97. The van der Waals surface area contributed by atoms with Gasteiger partial charge in [0.2, 0.25) is 5.91 Å². The van der Waals surface area contributed by atoms with Crippen molar-refractivity contribution < 1.29 is 17.9 Å². The summed E-state index contributed by atoms with van der Waals surface area (Å²) in [4.78, 5) is 19.9. The Balaban J connectivity index is 1.59. The number of rotatable bonds is 4. The Morgan fingerprint density at radius 1 is 1.13 bits per heavy atom. The molecule has 2 atom stereocenters. The van der Waals surface area contributed by atoms with Crippen LogP contribution in [0.3, 0.4) is 0 Å². The third-order valence-electron chi connectivity index (χ3n) is 5.36. The first-order chi connectivity index (χ1) is 14.4. The quantitative estimate of drug-likeness (QED) is 0.811. The minimum Gasteiger partial charge on any atom is -0.370 e. The zero-order valence-electron chi connectivity index (χ0n) is 17.0. The molecule has 2 heterocycles. The molecule has 2 aromatic rings. The molecule has 7 nitrogen and oxygen atoms in total. The van der Waals surface area contributed by atoms with Crippen LogP contribution in [0.4, 0.5) is 0 Å². The SMILES string of the molecule is CC(C)[C@@H](N=C1NS(=O)(=O)c2ccccc21)C(=O)N1CCOC(c2ccccc2)C1. The molecule has 30 heavy (non-hydrogen) atoms. The fourth-order valence-electron chi connectivity index (χ4n) is 3.76. The minimum absolute atomic E-state index is 0.0970. The van der Waals surface area contributed by atoms with Crippen LogP contribution in [0.5, 0.6) is 0 Å². The van der Waals surface area contributed by atoms with Gasteiger partial charge in [0.05, 0.1) is 18.0 Å². The van der Waals surface area contributed by atoms with E-state index in [1.54, 1.807) is 29.2 Å². The summed E-state index contributed by atoms with van der Waals surface area (Å²) < 4.78 is 33.1. The molecule has 0 aliphatic carbocycles. The summed E-state index contributed by atoms with van der Waals surface area (Å²) in [5, 5.41) is 0. The molecule has 1 saturated heterocycles. The average molecular weight is 428 g/mol. The van der Waals surface area contributed by atoms with Gasteiger partial charge in [0, 0.05) is 12.1 Å². The van der Waals surface area contributed by atoms with E-state index >= 15 is 0 Å². The smallest absolute Gasteiger partial charge is 0.263 e. The molecule has 1 unspecified atom stereocenters. The molecular weight excluding hydrogens is 402 g/mol. The predicted octanol–water partition coefficient (Wildman–Crippen LogP) is 2.35. The maximum Gasteiger partial charge on any atom is 0.263 e. The van der Waals surface area contributed by atoms with E-state index in [2.05, 4.69) is 9.71 Å². The fourth-order valence-corrected chi connectivity index (χ4v) is 5.00. The van der Waals surface area contributed by atoms with Gasteiger partial charge in [-0.2, -0.15) is 0 Å². The zero-order chi connectivity index (χ0) is 21.3. The number of morpholine rings is 1. The number of carbonyl (C=O) groups is 1. The molecule has 0 radical (unpaired) electrons. The lowest BCUT2D eigenvalue weighted by Crippen LogP contribution is -2.48. The molecule has 8 heteroatoms. The van der Waals surface area contributed by atoms with Gasteiger partial charge in [-0.05, 0) is 23.6 Å². The molecule has 2 aliphatic heterocycles. The Hall–Kier alpha value is -2.71. The topological polar surface area (TPSA) is 88.1 Å². The van der Waals surface area contributed by atoms with Crippen LogP contribution in [0.1, 0.15) is 31.1 Å². The second-order valence-electron chi connectivity index (χ2n) is 7.82. The molecule has 1 N–H and O–H groups in total. The molecule has 2 aliphatic rings. The molecule has 0 spiro atoms. The lowest BCUT2D eigenvalue weighted by molar-refractivity contribution is -0.141. The first-order valence-electron chi connectivity index (χ1n) is 10.0. The van der Waals surface area contributed by atoms with Gasteiger partial charge in [-0.1, -0.05) is 56.3 Å². The third-order valence-corrected chi connectivity index (χ3v) is 6.76. The molecule has 1 fully saturated rings. The van der Waals surface area contributed by atoms with Crippen LogP contribution in [-0.4, -0.2) is 50.8 Å². The highest BCUT2D eigenvalue weighted by Crippen LogP contribution is 2.26. The summed E-state index contributed by atoms with van der Waals surface area (Å²) in [6, 6.07) is 15.8. The highest BCUT2D eigenvalue weighted by molar-refractivity contribution is 7.90. The Bertz CT molecular complexity index is 1070. The zero-order valence-corrected chi connectivity index (χ0v) is 17.8. The average Bonchev–Trinajstić information content (AvgIpc) is 3.02. The van der Waals surface area contributed by atoms with Crippen LogP contribution < -0.4 is 4.72 Å². The maximum atomic E-state index is 13.4. The molecule has 0 saturated carbocycles. The molecule has 1 amide bonds. The van der Waals surface area contributed by atoms with E-state index in [-0.39, 0.29) is 28.7 Å². The van der Waals surface area contributed by atoms with Crippen molar-refractivity contribution in [2.45, 2.75) is 30.9 Å². The van der Waals surface area contributed by atoms with Gasteiger partial charge < -0.3 is 9.64 Å². The Labute approximate surface area is 176 Å². The summed E-state index contributed by atoms with van der Waals surface area (Å²) in [6.45, 7) is 5.20. The number of hydrogen-bond acceptors (Lipinski definition) is 5. The summed E-state index contributed by atoms with van der Waals surface area (Å²) in [7, 11) is -3.65. The Morgan fingerprint density at radius 3 is 2.57 bits per heavy atom. The van der Waals surface area contributed by atoms with Crippen molar-refractivity contribution in [1.29, 1.82) is 0 Å². The van der Waals surface area contributed by atoms with Crippen molar-refractivity contribution in [1.82, 2.24) is 9.62 Å². The largest absolute Gasteiger partial charge is 0.370 e. The normalized spacial score (nSPS) is 22.6. The number of amides is 1. The summed E-state index contributed by atoms with van der Waals surface area (Å²) in [6.07, 6.45) is -0.185. The van der Waals surface area contributed by atoms with Crippen LogP contribution in [0.25, 0.3) is 0 Å². The van der Waals surface area contributed by atoms with Crippen molar-refractivity contribution in [2.75, 3.05) is 19.7 Å². The summed E-state index contributed by atoms with van der Waals surface area (Å²) >= 11 is 0. The lowest BCUT2D eigenvalue weighted by Gasteiger charge is -2.35. The van der Waals surface area contributed by atoms with Gasteiger partial charge in [0.25, 0.3) is 10.0 Å². The van der Waals surface area contributed by atoms with E-state index in [1.807, 2.05) is 44.2 Å². The monoisotopic (exact) mass is 427 g/mol. The maximum absolute atomic E-state index is 13.4. The van der Waals surface area contributed by atoms with Gasteiger partial charge in [0.1, 0.15) is 18.0 Å². The molecule has 0 bridgehead atoms. The van der Waals surface area contributed by atoms with Crippen molar-refractivity contribution in [3.63, 3.8) is 0 Å². The van der Waals surface area contributed by atoms with Crippen LogP contribution in [0.2, 0.25) is 0 Å². The first kappa shape index (κ1) is 20.6. The van der Waals surface area contributed by atoms with Crippen LogP contribution in [0.15, 0.2) is 64.5 Å². The first-order valence-corrected chi connectivity index (χ1v) is 11.5. The number of amidine groups is 1. The van der Waals surface area contributed by atoms with E-state index in [0.717, 1.165) is 5.56 Å². The van der Waals surface area contributed by atoms with E-state index < -0.39 is 16.1 Å². The van der Waals surface area contributed by atoms with E-state index in [4.69, 9.17) is 4.74 Å². The van der Waals surface area contributed by atoms with Crippen molar-refractivity contribution in [2.24, 2.45) is 10.9 Å². The molecule has 2 aromatic carbocycles. The lowest BCUT2D eigenvalue weighted by atomic mass is 10.0. The number of sulfonamides is 1. The van der Waals surface area contributed by atoms with E-state index in [9.17, 15) is 13.2 Å². The number of nitrogens with one attached hydrogen (secondary N) is 1. The van der Waals surface area contributed by atoms with Gasteiger partial charge >= 0.3 is 0 Å². The summed E-state index contributed by atoms with van der Waals surface area (Å²) in [5.74, 6) is 0.0103. The van der Waals surface area contributed by atoms with Crippen LogP contribution in [-0.2, 0) is 19.6 Å². The van der Waals surface area contributed by atoms with Crippen LogP contribution >= 0.6 is 0 Å². The predicted molar refractivity (Wildman–Crippen MR) is 114 cm³/mol. The number of nitrogens with zero attached hydrogens (tertiary/aromatic N) is 2. The standard InChI is InChI=1S/C22H25N3O4S/c1-15(2)20(23-21-17-10-6-7-11-19(17)30(27,28)24-21)22(26)25-12-13-29-18(14-25)16-8-4-3-5-9-16/h3-11,15,18,20H,12-14H2,1-2H3,(H,23,24)/t18?,20-/m1/s1. The van der Waals surface area contributed by atoms with Crippen molar-refractivity contribution in [3.05, 3.63) is 65.7 Å². The second-order valence-corrected chi connectivity index (χ2v) is 9.47. The molecule has 158 valence electrons. The number of benzene rings is 2. The van der Waals surface area contributed by atoms with Crippen LogP contribution in [0, 0.1) is 5.92 Å². The van der Waals surface area contributed by atoms with Gasteiger partial charge in [-0.3, -0.25) is 14.5 Å². The fraction of sp³-hybridized carbons (Fsp3) is 0.364. The van der Waals surface area contributed by atoms with Crippen molar-refractivity contribution >= 4 is 21.8 Å².